The normalized spacial score (nSPS) is 24.2. The van der Waals surface area contributed by atoms with Gasteiger partial charge in [0.05, 0.1) is 41.2 Å². The highest BCUT2D eigenvalue weighted by atomic mass is 32.2. The van der Waals surface area contributed by atoms with Crippen molar-refractivity contribution in [3.05, 3.63) is 119 Å². The lowest BCUT2D eigenvalue weighted by Gasteiger charge is -2.49. The lowest BCUT2D eigenvalue weighted by molar-refractivity contribution is -0.329. The lowest BCUT2D eigenvalue weighted by Crippen LogP contribution is -2.62. The monoisotopic (exact) mass is 644 g/mol. The first kappa shape index (κ1) is 32.4. The average molecular weight is 645 g/mol. The standard InChI is InChI=1S/C37H40O8S/c1-24-5-19-31(20-6-24)46-37-35(42-22-26-9-15-29(39-3)16-10-26)34(41-21-25-7-13-28(38-2)14-8-25)33-32(44-37)23-43-36(45-33)27-11-17-30(40-4)18-12-27/h5-20,32-37H,21-23H2,1-4H3/t32-,33+,34+,35-,36?,37+/m1/s1. The molecule has 0 amide bonds. The van der Waals surface area contributed by atoms with Crippen molar-refractivity contribution in [3.63, 3.8) is 0 Å². The van der Waals surface area contributed by atoms with E-state index in [-0.39, 0.29) is 11.5 Å². The summed E-state index contributed by atoms with van der Waals surface area (Å²) in [5.41, 5.74) is 3.73. The van der Waals surface area contributed by atoms with E-state index in [0.717, 1.165) is 38.8 Å². The number of hydrogen-bond donors (Lipinski definition) is 0. The Morgan fingerprint density at radius 3 is 1.70 bits per heavy atom. The Morgan fingerprint density at radius 2 is 1.15 bits per heavy atom. The third-order valence-corrected chi connectivity index (χ3v) is 9.30. The second-order valence-electron chi connectivity index (χ2n) is 11.3. The van der Waals surface area contributed by atoms with Crippen molar-refractivity contribution in [2.24, 2.45) is 0 Å². The van der Waals surface area contributed by atoms with E-state index in [4.69, 9.17) is 37.9 Å². The molecule has 4 aromatic carbocycles. The van der Waals surface area contributed by atoms with Crippen LogP contribution < -0.4 is 14.2 Å². The fourth-order valence-electron chi connectivity index (χ4n) is 5.52. The summed E-state index contributed by atoms with van der Waals surface area (Å²) in [6, 6.07) is 31.9. The molecule has 6 rings (SSSR count). The van der Waals surface area contributed by atoms with E-state index in [9.17, 15) is 0 Å². The highest BCUT2D eigenvalue weighted by Gasteiger charge is 2.51. The molecule has 8 nitrogen and oxygen atoms in total. The third kappa shape index (κ3) is 7.86. The molecule has 2 saturated heterocycles. The summed E-state index contributed by atoms with van der Waals surface area (Å²) in [6.07, 6.45) is -2.34. The summed E-state index contributed by atoms with van der Waals surface area (Å²) in [5.74, 6) is 2.35. The van der Waals surface area contributed by atoms with E-state index >= 15 is 0 Å². The second kappa shape index (κ2) is 15.3. The largest absolute Gasteiger partial charge is 0.497 e. The maximum absolute atomic E-state index is 6.78. The molecule has 4 aromatic rings. The molecular weight excluding hydrogens is 604 g/mol. The molecule has 0 bridgehead atoms. The second-order valence-corrected chi connectivity index (χ2v) is 12.4. The topological polar surface area (TPSA) is 73.8 Å². The molecule has 0 radical (unpaired) electrons. The van der Waals surface area contributed by atoms with Gasteiger partial charge in [-0.3, -0.25) is 0 Å². The molecule has 0 aliphatic carbocycles. The van der Waals surface area contributed by atoms with Crippen LogP contribution in [-0.2, 0) is 36.9 Å². The molecule has 2 heterocycles. The van der Waals surface area contributed by atoms with Crippen molar-refractivity contribution in [2.75, 3.05) is 27.9 Å². The highest BCUT2D eigenvalue weighted by Crippen LogP contribution is 2.42. The average Bonchev–Trinajstić information content (AvgIpc) is 3.11. The maximum atomic E-state index is 6.78. The van der Waals surface area contributed by atoms with Crippen LogP contribution in [0.3, 0.4) is 0 Å². The molecule has 6 atom stereocenters. The van der Waals surface area contributed by atoms with Crippen LogP contribution in [-0.4, -0.2) is 57.8 Å². The number of fused-ring (bicyclic) bond motifs is 1. The summed E-state index contributed by atoms with van der Waals surface area (Å²) in [7, 11) is 4.96. The number of hydrogen-bond acceptors (Lipinski definition) is 9. The first-order chi connectivity index (χ1) is 22.5. The number of benzene rings is 4. The Kier molecular flexibility index (Phi) is 10.8. The van der Waals surface area contributed by atoms with Gasteiger partial charge in [-0.05, 0) is 66.6 Å². The number of ether oxygens (including phenoxy) is 8. The molecule has 242 valence electrons. The molecule has 1 unspecified atom stereocenters. The van der Waals surface area contributed by atoms with Gasteiger partial charge < -0.3 is 37.9 Å². The molecule has 2 aliphatic heterocycles. The summed E-state index contributed by atoms with van der Waals surface area (Å²) >= 11 is 1.62. The Morgan fingerprint density at radius 1 is 0.630 bits per heavy atom. The number of methoxy groups -OCH3 is 3. The predicted molar refractivity (Wildman–Crippen MR) is 175 cm³/mol. The first-order valence-electron chi connectivity index (χ1n) is 15.3. The Bertz CT molecular complexity index is 1510. The number of aryl methyl sites for hydroxylation is 1. The van der Waals surface area contributed by atoms with Crippen LogP contribution in [0.2, 0.25) is 0 Å². The van der Waals surface area contributed by atoms with Crippen LogP contribution in [0.4, 0.5) is 0 Å². The number of thioether (sulfide) groups is 1. The van der Waals surface area contributed by atoms with E-state index < -0.39 is 24.6 Å². The van der Waals surface area contributed by atoms with Crippen molar-refractivity contribution < 1.29 is 37.9 Å². The van der Waals surface area contributed by atoms with Gasteiger partial charge in [-0.25, -0.2) is 0 Å². The quantitative estimate of drug-likeness (QED) is 0.160. The van der Waals surface area contributed by atoms with Gasteiger partial charge in [0.15, 0.2) is 6.29 Å². The Labute approximate surface area is 274 Å². The molecule has 2 fully saturated rings. The Hall–Kier alpha value is -3.57. The van der Waals surface area contributed by atoms with Crippen LogP contribution in [0.25, 0.3) is 0 Å². The lowest BCUT2D eigenvalue weighted by atomic mass is 9.98. The predicted octanol–water partition coefficient (Wildman–Crippen LogP) is 7.12. The smallest absolute Gasteiger partial charge is 0.184 e. The fourth-order valence-corrected chi connectivity index (χ4v) is 6.64. The van der Waals surface area contributed by atoms with Gasteiger partial charge in [0, 0.05) is 10.5 Å². The van der Waals surface area contributed by atoms with Crippen LogP contribution in [0.15, 0.2) is 102 Å². The van der Waals surface area contributed by atoms with Gasteiger partial charge in [0.25, 0.3) is 0 Å². The minimum Gasteiger partial charge on any atom is -0.497 e. The molecule has 0 saturated carbocycles. The van der Waals surface area contributed by atoms with Crippen LogP contribution in [0.1, 0.15) is 28.5 Å². The first-order valence-corrected chi connectivity index (χ1v) is 16.2. The minimum atomic E-state index is -0.591. The Balaban J connectivity index is 1.30. The molecule has 0 aromatic heterocycles. The van der Waals surface area contributed by atoms with Gasteiger partial charge >= 0.3 is 0 Å². The van der Waals surface area contributed by atoms with Crippen molar-refractivity contribution in [1.29, 1.82) is 0 Å². The maximum Gasteiger partial charge on any atom is 0.184 e. The van der Waals surface area contributed by atoms with E-state index in [1.54, 1.807) is 33.1 Å². The van der Waals surface area contributed by atoms with Gasteiger partial charge in [0.1, 0.15) is 47.1 Å². The van der Waals surface area contributed by atoms with Gasteiger partial charge in [-0.2, -0.15) is 0 Å². The SMILES string of the molecule is COc1ccc(CO[C@H]2[C@H]3OC(c4ccc(OC)cc4)OC[C@H]3O[C@@H](Sc3ccc(C)cc3)[C@@H]2OCc2ccc(OC)cc2)cc1. The van der Waals surface area contributed by atoms with Crippen LogP contribution >= 0.6 is 11.8 Å². The molecule has 9 heteroatoms. The van der Waals surface area contributed by atoms with Gasteiger partial charge in [0.2, 0.25) is 0 Å². The zero-order valence-electron chi connectivity index (χ0n) is 26.5. The highest BCUT2D eigenvalue weighted by molar-refractivity contribution is 7.99. The molecular formula is C37H40O8S. The van der Waals surface area contributed by atoms with Gasteiger partial charge in [-0.1, -0.05) is 65.9 Å². The number of rotatable bonds is 12. The van der Waals surface area contributed by atoms with Crippen molar-refractivity contribution in [3.8, 4) is 17.2 Å². The summed E-state index contributed by atoms with van der Waals surface area (Å²) in [6.45, 7) is 3.15. The van der Waals surface area contributed by atoms with Crippen LogP contribution in [0.5, 0.6) is 17.2 Å². The third-order valence-electron chi connectivity index (χ3n) is 8.15. The zero-order chi connectivity index (χ0) is 31.9. The summed E-state index contributed by atoms with van der Waals surface area (Å²) in [5, 5.41) is 0. The molecule has 0 N–H and O–H groups in total. The van der Waals surface area contributed by atoms with Crippen LogP contribution in [0, 0.1) is 6.92 Å². The van der Waals surface area contributed by atoms with E-state index in [1.165, 1.54) is 5.56 Å². The minimum absolute atomic E-state index is 0.347. The van der Waals surface area contributed by atoms with Crippen molar-refractivity contribution in [2.45, 2.75) is 61.2 Å². The molecule has 2 aliphatic rings. The fraction of sp³-hybridized carbons (Fsp3) is 0.351. The van der Waals surface area contributed by atoms with Crippen molar-refractivity contribution >= 4 is 11.8 Å². The molecule has 46 heavy (non-hydrogen) atoms. The zero-order valence-corrected chi connectivity index (χ0v) is 27.3. The van der Waals surface area contributed by atoms with Gasteiger partial charge in [-0.15, -0.1) is 0 Å². The summed E-state index contributed by atoms with van der Waals surface area (Å²) in [4.78, 5) is 1.08. The van der Waals surface area contributed by atoms with E-state index in [0.29, 0.717) is 19.8 Å². The molecule has 0 spiro atoms. The van der Waals surface area contributed by atoms with E-state index in [1.807, 2.05) is 72.8 Å². The van der Waals surface area contributed by atoms with E-state index in [2.05, 4.69) is 31.2 Å². The summed E-state index contributed by atoms with van der Waals surface area (Å²) < 4.78 is 49.2. The van der Waals surface area contributed by atoms with Crippen molar-refractivity contribution in [1.82, 2.24) is 0 Å².